The van der Waals surface area contributed by atoms with Crippen LogP contribution in [0.3, 0.4) is 0 Å². The summed E-state index contributed by atoms with van der Waals surface area (Å²) in [6.07, 6.45) is 0. The van der Waals surface area contributed by atoms with Crippen molar-refractivity contribution in [2.45, 2.75) is 0 Å². The highest BCUT2D eigenvalue weighted by Crippen LogP contribution is 1.90. The normalized spacial score (nSPS) is 10.3. The van der Waals surface area contributed by atoms with E-state index in [4.69, 9.17) is 0 Å². The third kappa shape index (κ3) is 6.23. The number of nitrogens with zero attached hydrogens (tertiary/aromatic N) is 1. The fraction of sp³-hybridized carbons (Fsp3) is 1.00. The molecule has 0 atom stereocenters. The minimum absolute atomic E-state index is 1.50. The summed E-state index contributed by atoms with van der Waals surface area (Å²) in [5, 5.41) is 0. The van der Waals surface area contributed by atoms with Gasteiger partial charge in [0.25, 0.3) is 0 Å². The Bertz CT molecular complexity index is 39.2. The van der Waals surface area contributed by atoms with Crippen molar-refractivity contribution in [2.24, 2.45) is 0 Å². The van der Waals surface area contributed by atoms with Crippen LogP contribution in [0.2, 0.25) is 0 Å². The van der Waals surface area contributed by atoms with E-state index in [-0.39, 0.29) is 0 Å². The molecule has 0 aromatic heterocycles. The van der Waals surface area contributed by atoms with Crippen molar-refractivity contribution in [1.82, 2.24) is 14.6 Å². The Morgan fingerprint density at radius 3 is 2.14 bits per heavy atom. The molecule has 0 unspecified atom stereocenters. The summed E-state index contributed by atoms with van der Waals surface area (Å²) < 4.78 is 1.95. The number of hydrogen-bond acceptors (Lipinski definition) is 4. The highest BCUT2D eigenvalue weighted by atomic mass is 32.2. The van der Waals surface area contributed by atoms with Crippen molar-refractivity contribution in [2.75, 3.05) is 21.1 Å². The summed E-state index contributed by atoms with van der Waals surface area (Å²) in [5.41, 5.74) is 2.77. The Balaban J connectivity index is 2.68. The van der Waals surface area contributed by atoms with Gasteiger partial charge in [-0.25, -0.2) is 4.31 Å². The van der Waals surface area contributed by atoms with E-state index in [9.17, 15) is 0 Å². The molecule has 0 saturated heterocycles. The van der Waals surface area contributed by atoms with Gasteiger partial charge in [-0.05, 0) is 21.1 Å². The summed E-state index contributed by atoms with van der Waals surface area (Å²) in [5.74, 6) is 0. The molecule has 7 heavy (non-hydrogen) atoms. The lowest BCUT2D eigenvalue weighted by Crippen LogP contribution is -2.23. The van der Waals surface area contributed by atoms with Crippen LogP contribution in [0.5, 0.6) is 0 Å². The molecule has 0 rings (SSSR count). The molecule has 0 aliphatic heterocycles. The molecule has 2 N–H and O–H groups in total. The van der Waals surface area contributed by atoms with Crippen LogP contribution in [-0.2, 0) is 0 Å². The molecule has 44 valence electrons. The molecule has 0 radical (unpaired) electrons. The maximum absolute atomic E-state index is 2.84. The zero-order valence-corrected chi connectivity index (χ0v) is 5.67. The van der Waals surface area contributed by atoms with Crippen molar-refractivity contribution in [3.63, 3.8) is 0 Å². The molecule has 4 heteroatoms. The second-order valence-corrected chi connectivity index (χ2v) is 2.37. The number of hydrazine groups is 1. The van der Waals surface area contributed by atoms with Gasteiger partial charge in [0.15, 0.2) is 0 Å². The van der Waals surface area contributed by atoms with Crippen LogP contribution in [0.15, 0.2) is 0 Å². The Morgan fingerprint density at radius 2 is 2.00 bits per heavy atom. The van der Waals surface area contributed by atoms with Crippen molar-refractivity contribution < 1.29 is 0 Å². The molecule has 0 saturated carbocycles. The van der Waals surface area contributed by atoms with Crippen molar-refractivity contribution in [3.05, 3.63) is 0 Å². The molecule has 0 heterocycles. The standard InChI is InChI=1S/C3H11N3S/c1-4-5-7-6(2)3/h4-5H,1-3H3. The number of nitrogens with one attached hydrogen (secondary N) is 2. The highest BCUT2D eigenvalue weighted by Gasteiger charge is 1.82. The predicted octanol–water partition coefficient (Wildman–Crippen LogP) is -0.165. The van der Waals surface area contributed by atoms with Gasteiger partial charge < -0.3 is 0 Å². The van der Waals surface area contributed by atoms with Crippen LogP contribution in [0, 0.1) is 0 Å². The molecule has 0 amide bonds. The molecule has 0 spiro atoms. The number of rotatable bonds is 3. The molecular weight excluding hydrogens is 110 g/mol. The fourth-order valence-corrected chi connectivity index (χ4v) is 0.411. The van der Waals surface area contributed by atoms with Crippen LogP contribution in [0.4, 0.5) is 0 Å². The van der Waals surface area contributed by atoms with Crippen LogP contribution in [0.25, 0.3) is 0 Å². The van der Waals surface area contributed by atoms with E-state index in [1.54, 1.807) is 0 Å². The third-order valence-electron chi connectivity index (χ3n) is 0.330. The first-order valence-electron chi connectivity index (χ1n) is 2.03. The maximum Gasteiger partial charge on any atom is 0.0208 e. The molecule has 3 nitrogen and oxygen atoms in total. The average molecular weight is 121 g/mol. The second-order valence-electron chi connectivity index (χ2n) is 1.26. The summed E-state index contributed by atoms with van der Waals surface area (Å²) in [7, 11) is 5.76. The van der Waals surface area contributed by atoms with Crippen LogP contribution >= 0.6 is 12.1 Å². The average Bonchev–Trinajstić information content (AvgIpc) is 1.61. The van der Waals surface area contributed by atoms with Gasteiger partial charge in [-0.3, -0.25) is 5.43 Å². The molecular formula is C3H11N3S. The Hall–Kier alpha value is 0.230. The SMILES string of the molecule is CNNSN(C)C. The predicted molar refractivity (Wildman–Crippen MR) is 33.5 cm³/mol. The fourth-order valence-electron chi connectivity index (χ4n) is 0.137. The summed E-state index contributed by atoms with van der Waals surface area (Å²) in [4.78, 5) is 2.84. The molecule has 0 aliphatic carbocycles. The van der Waals surface area contributed by atoms with E-state index in [2.05, 4.69) is 10.3 Å². The van der Waals surface area contributed by atoms with E-state index in [1.807, 2.05) is 25.4 Å². The first-order valence-corrected chi connectivity index (χ1v) is 2.80. The minimum Gasteiger partial charge on any atom is -0.250 e. The van der Waals surface area contributed by atoms with E-state index in [0.29, 0.717) is 0 Å². The Kier molecular flexibility index (Phi) is 4.53. The summed E-state index contributed by atoms with van der Waals surface area (Å²) in [6, 6.07) is 0. The minimum atomic E-state index is 1.50. The zero-order valence-electron chi connectivity index (χ0n) is 4.86. The van der Waals surface area contributed by atoms with Gasteiger partial charge in [-0.1, -0.05) is 0 Å². The van der Waals surface area contributed by atoms with Crippen molar-refractivity contribution >= 4 is 12.1 Å². The van der Waals surface area contributed by atoms with Gasteiger partial charge in [0.1, 0.15) is 0 Å². The van der Waals surface area contributed by atoms with Crippen molar-refractivity contribution in [1.29, 1.82) is 0 Å². The smallest absolute Gasteiger partial charge is 0.0208 e. The maximum atomic E-state index is 2.84. The molecule has 0 bridgehead atoms. The first kappa shape index (κ1) is 7.23. The van der Waals surface area contributed by atoms with Gasteiger partial charge in [0, 0.05) is 12.1 Å². The summed E-state index contributed by atoms with van der Waals surface area (Å²) >= 11 is 1.50. The van der Waals surface area contributed by atoms with Gasteiger partial charge in [0.2, 0.25) is 0 Å². The lowest BCUT2D eigenvalue weighted by Gasteiger charge is -2.06. The Morgan fingerprint density at radius 1 is 1.43 bits per heavy atom. The van der Waals surface area contributed by atoms with E-state index < -0.39 is 0 Å². The van der Waals surface area contributed by atoms with E-state index in [1.165, 1.54) is 12.1 Å². The van der Waals surface area contributed by atoms with E-state index >= 15 is 0 Å². The monoisotopic (exact) mass is 121 g/mol. The largest absolute Gasteiger partial charge is 0.250 e. The highest BCUT2D eigenvalue weighted by molar-refractivity contribution is 7.94. The van der Waals surface area contributed by atoms with Gasteiger partial charge in [-0.2, -0.15) is 4.83 Å². The van der Waals surface area contributed by atoms with Crippen LogP contribution in [-0.4, -0.2) is 25.4 Å². The van der Waals surface area contributed by atoms with Gasteiger partial charge >= 0.3 is 0 Å². The molecule has 0 aliphatic rings. The Labute approximate surface area is 48.7 Å². The zero-order chi connectivity index (χ0) is 5.70. The van der Waals surface area contributed by atoms with E-state index in [0.717, 1.165) is 0 Å². The lowest BCUT2D eigenvalue weighted by molar-refractivity contribution is 0.676. The number of hydrogen-bond donors (Lipinski definition) is 2. The van der Waals surface area contributed by atoms with Gasteiger partial charge in [-0.15, -0.1) is 0 Å². The second kappa shape index (κ2) is 4.39. The quantitative estimate of drug-likeness (QED) is 0.400. The summed E-state index contributed by atoms with van der Waals surface area (Å²) in [6.45, 7) is 0. The first-order chi connectivity index (χ1) is 3.27. The van der Waals surface area contributed by atoms with Gasteiger partial charge in [0.05, 0.1) is 0 Å². The lowest BCUT2D eigenvalue weighted by atomic mass is 11.3. The van der Waals surface area contributed by atoms with Crippen LogP contribution in [0.1, 0.15) is 0 Å². The van der Waals surface area contributed by atoms with Crippen LogP contribution < -0.4 is 10.3 Å². The third-order valence-corrected chi connectivity index (χ3v) is 0.991. The van der Waals surface area contributed by atoms with Crippen molar-refractivity contribution in [3.8, 4) is 0 Å². The molecule has 0 fully saturated rings. The molecule has 0 aromatic carbocycles. The molecule has 0 aromatic rings. The topological polar surface area (TPSA) is 27.3 Å².